The molecule has 0 saturated carbocycles. The molecule has 7 nitrogen and oxygen atoms in total. The van der Waals surface area contributed by atoms with Crippen LogP contribution in [0.3, 0.4) is 0 Å². The van der Waals surface area contributed by atoms with Gasteiger partial charge in [0.25, 0.3) is 0 Å². The second-order valence-electron chi connectivity index (χ2n) is 4.04. The summed E-state index contributed by atoms with van der Waals surface area (Å²) >= 11 is 0. The van der Waals surface area contributed by atoms with Crippen molar-refractivity contribution in [3.63, 3.8) is 0 Å². The third kappa shape index (κ3) is 2.62. The molecule has 7 heteroatoms. The summed E-state index contributed by atoms with van der Waals surface area (Å²) in [4.78, 5) is 12.8. The van der Waals surface area contributed by atoms with E-state index in [-0.39, 0.29) is 5.84 Å². The summed E-state index contributed by atoms with van der Waals surface area (Å²) in [6.45, 7) is 3.91. The van der Waals surface area contributed by atoms with Gasteiger partial charge in [0.2, 0.25) is 0 Å². The van der Waals surface area contributed by atoms with E-state index in [0.29, 0.717) is 5.69 Å². The fraction of sp³-hybridized carbons (Fsp3) is 0.500. The predicted molar refractivity (Wildman–Crippen MR) is 64.3 cm³/mol. The van der Waals surface area contributed by atoms with Gasteiger partial charge in [-0.1, -0.05) is 5.16 Å². The Morgan fingerprint density at radius 3 is 2.53 bits per heavy atom. The second-order valence-corrected chi connectivity index (χ2v) is 4.04. The van der Waals surface area contributed by atoms with Gasteiger partial charge in [0.1, 0.15) is 11.5 Å². The molecule has 0 unspecified atom stereocenters. The maximum atomic E-state index is 8.51. The summed E-state index contributed by atoms with van der Waals surface area (Å²) in [6, 6.07) is 0. The molecule has 2 heterocycles. The van der Waals surface area contributed by atoms with Crippen molar-refractivity contribution in [3.8, 4) is 0 Å². The van der Waals surface area contributed by atoms with Crippen molar-refractivity contribution in [1.82, 2.24) is 14.9 Å². The van der Waals surface area contributed by atoms with Crippen LogP contribution in [0.4, 0.5) is 5.82 Å². The van der Waals surface area contributed by atoms with Crippen molar-refractivity contribution in [1.29, 1.82) is 0 Å². The highest BCUT2D eigenvalue weighted by molar-refractivity contribution is 5.94. The number of likely N-dealkylation sites (N-methyl/N-ethyl adjacent to an activating group) is 1. The number of oxime groups is 1. The van der Waals surface area contributed by atoms with Gasteiger partial charge in [0.15, 0.2) is 5.84 Å². The molecule has 1 aliphatic rings. The molecule has 1 aliphatic heterocycles. The molecular weight excluding hydrogens is 220 g/mol. The zero-order valence-corrected chi connectivity index (χ0v) is 9.74. The smallest absolute Gasteiger partial charge is 0.190 e. The van der Waals surface area contributed by atoms with E-state index in [1.54, 1.807) is 6.20 Å². The zero-order valence-electron chi connectivity index (χ0n) is 9.74. The van der Waals surface area contributed by atoms with Crippen molar-refractivity contribution in [2.45, 2.75) is 0 Å². The summed E-state index contributed by atoms with van der Waals surface area (Å²) in [6.07, 6.45) is 3.17. The lowest BCUT2D eigenvalue weighted by atomic mass is 10.3. The van der Waals surface area contributed by atoms with Crippen LogP contribution in [0.15, 0.2) is 17.5 Å². The van der Waals surface area contributed by atoms with Crippen molar-refractivity contribution in [3.05, 3.63) is 18.1 Å². The number of nitrogens with zero attached hydrogens (tertiary/aromatic N) is 5. The van der Waals surface area contributed by atoms with Gasteiger partial charge in [-0.25, -0.2) is 9.97 Å². The Balaban J connectivity index is 2.08. The molecule has 92 valence electrons. The van der Waals surface area contributed by atoms with Gasteiger partial charge in [0.05, 0.1) is 12.4 Å². The zero-order chi connectivity index (χ0) is 12.3. The molecular formula is C10H16N6O. The van der Waals surface area contributed by atoms with E-state index < -0.39 is 0 Å². The fourth-order valence-electron chi connectivity index (χ4n) is 1.70. The number of nitrogens with two attached hydrogens (primary N) is 1. The van der Waals surface area contributed by atoms with E-state index in [2.05, 4.69) is 32.0 Å². The second kappa shape index (κ2) is 4.96. The highest BCUT2D eigenvalue weighted by atomic mass is 16.4. The SMILES string of the molecule is CN1CCN(c2cnc(C(N)=NO)cn2)CC1. The van der Waals surface area contributed by atoms with Crippen LogP contribution in [-0.2, 0) is 0 Å². The summed E-state index contributed by atoms with van der Waals surface area (Å²) in [7, 11) is 2.10. The van der Waals surface area contributed by atoms with E-state index in [4.69, 9.17) is 10.9 Å². The Morgan fingerprint density at radius 2 is 2.00 bits per heavy atom. The van der Waals surface area contributed by atoms with Crippen LogP contribution in [0.1, 0.15) is 5.69 Å². The highest BCUT2D eigenvalue weighted by Crippen LogP contribution is 2.11. The van der Waals surface area contributed by atoms with Crippen LogP contribution < -0.4 is 10.6 Å². The molecule has 1 fully saturated rings. The van der Waals surface area contributed by atoms with E-state index in [1.807, 2.05) is 0 Å². The van der Waals surface area contributed by atoms with Crippen LogP contribution in [0.2, 0.25) is 0 Å². The van der Waals surface area contributed by atoms with Crippen LogP contribution in [0, 0.1) is 0 Å². The Hall–Kier alpha value is -1.89. The van der Waals surface area contributed by atoms with Gasteiger partial charge in [-0.05, 0) is 7.05 Å². The van der Waals surface area contributed by atoms with Gasteiger partial charge in [-0.3, -0.25) is 0 Å². The lowest BCUT2D eigenvalue weighted by Gasteiger charge is -2.32. The molecule has 1 aromatic heterocycles. The third-order valence-corrected chi connectivity index (χ3v) is 2.84. The van der Waals surface area contributed by atoms with Crippen LogP contribution in [0.25, 0.3) is 0 Å². The molecule has 0 bridgehead atoms. The number of piperazine rings is 1. The largest absolute Gasteiger partial charge is 0.409 e. The predicted octanol–water partition coefficient (Wildman–Crippen LogP) is -0.677. The normalized spacial score (nSPS) is 18.4. The topological polar surface area (TPSA) is 90.9 Å². The van der Waals surface area contributed by atoms with E-state index in [9.17, 15) is 0 Å². The molecule has 0 atom stereocenters. The summed E-state index contributed by atoms with van der Waals surface area (Å²) in [5, 5.41) is 11.4. The van der Waals surface area contributed by atoms with Gasteiger partial charge in [-0.2, -0.15) is 0 Å². The summed E-state index contributed by atoms with van der Waals surface area (Å²) < 4.78 is 0. The molecule has 0 spiro atoms. The number of rotatable bonds is 2. The van der Waals surface area contributed by atoms with Crippen molar-refractivity contribution in [2.75, 3.05) is 38.1 Å². The van der Waals surface area contributed by atoms with E-state index >= 15 is 0 Å². The number of anilines is 1. The first kappa shape index (κ1) is 11.6. The van der Waals surface area contributed by atoms with Crippen LogP contribution in [-0.4, -0.2) is 59.1 Å². The molecule has 17 heavy (non-hydrogen) atoms. The number of hydrogen-bond donors (Lipinski definition) is 2. The molecule has 0 aliphatic carbocycles. The van der Waals surface area contributed by atoms with Crippen molar-refractivity contribution in [2.24, 2.45) is 10.9 Å². The molecule has 0 aromatic carbocycles. The van der Waals surface area contributed by atoms with Gasteiger partial charge in [0, 0.05) is 26.2 Å². The number of aromatic nitrogens is 2. The minimum Gasteiger partial charge on any atom is -0.409 e. The molecule has 1 aromatic rings. The first-order valence-electron chi connectivity index (χ1n) is 5.44. The molecule has 1 saturated heterocycles. The number of amidine groups is 1. The van der Waals surface area contributed by atoms with Gasteiger partial charge < -0.3 is 20.7 Å². The number of hydrogen-bond acceptors (Lipinski definition) is 6. The minimum absolute atomic E-state index is 0.0255. The average Bonchev–Trinajstić information content (AvgIpc) is 2.39. The molecule has 0 radical (unpaired) electrons. The fourth-order valence-corrected chi connectivity index (χ4v) is 1.70. The summed E-state index contributed by atoms with van der Waals surface area (Å²) in [5.41, 5.74) is 5.80. The maximum absolute atomic E-state index is 8.51. The Labute approximate surface area is 99.6 Å². The lowest BCUT2D eigenvalue weighted by molar-refractivity contribution is 0.312. The third-order valence-electron chi connectivity index (χ3n) is 2.84. The average molecular weight is 236 g/mol. The quantitative estimate of drug-likeness (QED) is 0.306. The van der Waals surface area contributed by atoms with Gasteiger partial charge >= 0.3 is 0 Å². The minimum atomic E-state index is -0.0255. The monoisotopic (exact) mass is 236 g/mol. The van der Waals surface area contributed by atoms with Crippen LogP contribution in [0.5, 0.6) is 0 Å². The standard InChI is InChI=1S/C10H16N6O/c1-15-2-4-16(5-3-15)9-7-12-8(6-13-9)10(11)14-17/h6-7,17H,2-5H2,1H3,(H2,11,14). The molecule has 3 N–H and O–H groups in total. The molecule has 2 rings (SSSR count). The highest BCUT2D eigenvalue weighted by Gasteiger charge is 2.15. The van der Waals surface area contributed by atoms with Crippen molar-refractivity contribution >= 4 is 11.7 Å². The summed E-state index contributed by atoms with van der Waals surface area (Å²) in [5.74, 6) is 0.801. The lowest BCUT2D eigenvalue weighted by Crippen LogP contribution is -2.44. The van der Waals surface area contributed by atoms with Crippen molar-refractivity contribution < 1.29 is 5.21 Å². The van der Waals surface area contributed by atoms with Crippen LogP contribution >= 0.6 is 0 Å². The molecule has 0 amide bonds. The first-order chi connectivity index (χ1) is 8.20. The Bertz CT molecular complexity index is 396. The maximum Gasteiger partial charge on any atom is 0.190 e. The van der Waals surface area contributed by atoms with E-state index in [1.165, 1.54) is 6.20 Å². The first-order valence-corrected chi connectivity index (χ1v) is 5.44. The van der Waals surface area contributed by atoms with E-state index in [0.717, 1.165) is 32.0 Å². The Morgan fingerprint density at radius 1 is 1.29 bits per heavy atom. The van der Waals surface area contributed by atoms with Gasteiger partial charge in [-0.15, -0.1) is 0 Å². The Kier molecular flexibility index (Phi) is 3.38.